The molecule has 134 valence electrons. The van der Waals surface area contributed by atoms with Crippen molar-refractivity contribution >= 4 is 23.5 Å². The fourth-order valence-corrected chi connectivity index (χ4v) is 3.47. The molecule has 0 saturated heterocycles. The standard InChI is InChI=1S/C21H23N3OS/c1-16-13-20(24(23-16)14-18-9-5-3-6-10-18)22-21(25)17(2)26-15-19-11-7-4-8-12-19/h3-13,17H,14-15H2,1-2H3,(H,22,25)/t17-/m0/s1. The average Bonchev–Trinajstić information content (AvgIpc) is 3.00. The minimum atomic E-state index is -0.143. The van der Waals surface area contributed by atoms with Crippen LogP contribution >= 0.6 is 11.8 Å². The maximum absolute atomic E-state index is 12.6. The first-order valence-corrected chi connectivity index (χ1v) is 9.71. The summed E-state index contributed by atoms with van der Waals surface area (Å²) in [7, 11) is 0. The van der Waals surface area contributed by atoms with Gasteiger partial charge in [-0.3, -0.25) is 4.79 Å². The molecule has 1 amide bonds. The Morgan fingerprint density at radius 1 is 1.08 bits per heavy atom. The summed E-state index contributed by atoms with van der Waals surface area (Å²) in [6.07, 6.45) is 0. The van der Waals surface area contributed by atoms with Crippen molar-refractivity contribution in [3.05, 3.63) is 83.6 Å². The Labute approximate surface area is 158 Å². The van der Waals surface area contributed by atoms with Crippen LogP contribution in [0.3, 0.4) is 0 Å². The number of benzene rings is 2. The molecule has 3 rings (SSSR count). The largest absolute Gasteiger partial charge is 0.310 e. The first-order valence-electron chi connectivity index (χ1n) is 8.66. The van der Waals surface area contributed by atoms with Crippen molar-refractivity contribution in [2.24, 2.45) is 0 Å². The molecule has 0 spiro atoms. The average molecular weight is 366 g/mol. The van der Waals surface area contributed by atoms with Crippen LogP contribution in [0.4, 0.5) is 5.82 Å². The van der Waals surface area contributed by atoms with Gasteiger partial charge < -0.3 is 5.32 Å². The van der Waals surface area contributed by atoms with Crippen LogP contribution in [0.25, 0.3) is 0 Å². The molecule has 5 heteroatoms. The molecule has 0 radical (unpaired) electrons. The lowest BCUT2D eigenvalue weighted by molar-refractivity contribution is -0.115. The maximum atomic E-state index is 12.6. The highest BCUT2D eigenvalue weighted by atomic mass is 32.2. The minimum Gasteiger partial charge on any atom is -0.310 e. The monoisotopic (exact) mass is 365 g/mol. The Morgan fingerprint density at radius 3 is 2.35 bits per heavy atom. The summed E-state index contributed by atoms with van der Waals surface area (Å²) in [6, 6.07) is 22.2. The van der Waals surface area contributed by atoms with Crippen molar-refractivity contribution in [3.8, 4) is 0 Å². The molecule has 0 unspecified atom stereocenters. The number of carbonyl (C=O) groups excluding carboxylic acids is 1. The zero-order valence-electron chi connectivity index (χ0n) is 15.1. The lowest BCUT2D eigenvalue weighted by Gasteiger charge is -2.13. The molecular formula is C21H23N3OS. The molecule has 0 saturated carbocycles. The van der Waals surface area contributed by atoms with Crippen molar-refractivity contribution in [1.82, 2.24) is 9.78 Å². The predicted octanol–water partition coefficient (Wildman–Crippen LogP) is 4.50. The molecule has 4 nitrogen and oxygen atoms in total. The molecule has 1 aromatic heterocycles. The fourth-order valence-electron chi connectivity index (χ4n) is 2.62. The summed E-state index contributed by atoms with van der Waals surface area (Å²) in [5.74, 6) is 1.56. The second-order valence-electron chi connectivity index (χ2n) is 6.24. The highest BCUT2D eigenvalue weighted by molar-refractivity contribution is 7.99. The van der Waals surface area contributed by atoms with Crippen LogP contribution in [-0.4, -0.2) is 20.9 Å². The number of amides is 1. The number of rotatable bonds is 7. The van der Waals surface area contributed by atoms with E-state index in [4.69, 9.17) is 0 Å². The Kier molecular flexibility index (Phi) is 6.12. The molecule has 0 bridgehead atoms. The van der Waals surface area contributed by atoms with Gasteiger partial charge in [0.05, 0.1) is 17.5 Å². The number of hydrogen-bond donors (Lipinski definition) is 1. The first kappa shape index (κ1) is 18.3. The van der Waals surface area contributed by atoms with E-state index in [1.165, 1.54) is 5.56 Å². The summed E-state index contributed by atoms with van der Waals surface area (Å²) in [5, 5.41) is 7.39. The van der Waals surface area contributed by atoms with Gasteiger partial charge in [-0.2, -0.15) is 5.10 Å². The van der Waals surface area contributed by atoms with E-state index < -0.39 is 0 Å². The summed E-state index contributed by atoms with van der Waals surface area (Å²) < 4.78 is 1.84. The third-order valence-electron chi connectivity index (χ3n) is 4.04. The number of nitrogens with zero attached hydrogens (tertiary/aromatic N) is 2. The number of nitrogens with one attached hydrogen (secondary N) is 1. The molecule has 26 heavy (non-hydrogen) atoms. The third-order valence-corrected chi connectivity index (χ3v) is 5.25. The Bertz CT molecular complexity index is 846. The summed E-state index contributed by atoms with van der Waals surface area (Å²) in [5.41, 5.74) is 3.26. The number of aromatic nitrogens is 2. The van der Waals surface area contributed by atoms with Gasteiger partial charge in [-0.05, 0) is 25.0 Å². The van der Waals surface area contributed by atoms with Crippen LogP contribution in [-0.2, 0) is 17.1 Å². The van der Waals surface area contributed by atoms with E-state index in [0.717, 1.165) is 22.8 Å². The molecule has 3 aromatic rings. The van der Waals surface area contributed by atoms with E-state index in [1.54, 1.807) is 11.8 Å². The van der Waals surface area contributed by atoms with Crippen molar-refractivity contribution in [1.29, 1.82) is 0 Å². The number of thioether (sulfide) groups is 1. The number of hydrogen-bond acceptors (Lipinski definition) is 3. The van der Waals surface area contributed by atoms with Crippen molar-refractivity contribution in [2.45, 2.75) is 31.4 Å². The van der Waals surface area contributed by atoms with Crippen molar-refractivity contribution in [3.63, 3.8) is 0 Å². The third kappa shape index (κ3) is 4.99. The molecule has 2 aromatic carbocycles. The highest BCUT2D eigenvalue weighted by Gasteiger charge is 2.16. The fraction of sp³-hybridized carbons (Fsp3) is 0.238. The van der Waals surface area contributed by atoms with E-state index in [-0.39, 0.29) is 11.2 Å². The van der Waals surface area contributed by atoms with Gasteiger partial charge in [0, 0.05) is 11.8 Å². The van der Waals surface area contributed by atoms with Crippen LogP contribution < -0.4 is 5.32 Å². The Hall–Kier alpha value is -2.53. The van der Waals surface area contributed by atoms with Crippen LogP contribution in [0.1, 0.15) is 23.7 Å². The predicted molar refractivity (Wildman–Crippen MR) is 108 cm³/mol. The Morgan fingerprint density at radius 2 is 1.69 bits per heavy atom. The molecule has 0 aliphatic rings. The second-order valence-corrected chi connectivity index (χ2v) is 7.57. The molecule has 0 aliphatic carbocycles. The zero-order valence-corrected chi connectivity index (χ0v) is 15.9. The van der Waals surface area contributed by atoms with E-state index in [9.17, 15) is 4.79 Å². The molecular weight excluding hydrogens is 342 g/mol. The van der Waals surface area contributed by atoms with Gasteiger partial charge in [0.15, 0.2) is 0 Å². The number of aryl methyl sites for hydroxylation is 1. The SMILES string of the molecule is Cc1cc(NC(=O)[C@H](C)SCc2ccccc2)n(Cc2ccccc2)n1. The molecule has 1 atom stereocenters. The topological polar surface area (TPSA) is 46.9 Å². The summed E-state index contributed by atoms with van der Waals surface area (Å²) in [4.78, 5) is 12.6. The van der Waals surface area contributed by atoms with Crippen molar-refractivity contribution in [2.75, 3.05) is 5.32 Å². The smallest absolute Gasteiger partial charge is 0.238 e. The molecule has 0 aliphatic heterocycles. The Balaban J connectivity index is 1.61. The number of carbonyl (C=O) groups is 1. The van der Waals surface area contributed by atoms with E-state index >= 15 is 0 Å². The van der Waals surface area contributed by atoms with Crippen LogP contribution in [0, 0.1) is 6.92 Å². The van der Waals surface area contributed by atoms with E-state index in [0.29, 0.717) is 6.54 Å². The van der Waals surface area contributed by atoms with Gasteiger partial charge in [0.1, 0.15) is 5.82 Å². The molecule has 0 fully saturated rings. The van der Waals surface area contributed by atoms with Gasteiger partial charge in [-0.25, -0.2) is 4.68 Å². The lowest BCUT2D eigenvalue weighted by atomic mass is 10.2. The van der Waals surface area contributed by atoms with Crippen LogP contribution in [0.2, 0.25) is 0 Å². The van der Waals surface area contributed by atoms with Gasteiger partial charge in [0.25, 0.3) is 0 Å². The summed E-state index contributed by atoms with van der Waals surface area (Å²) >= 11 is 1.63. The van der Waals surface area contributed by atoms with E-state index in [2.05, 4.69) is 34.7 Å². The molecule has 1 heterocycles. The quantitative estimate of drug-likeness (QED) is 0.670. The van der Waals surface area contributed by atoms with Gasteiger partial charge >= 0.3 is 0 Å². The van der Waals surface area contributed by atoms with Crippen LogP contribution in [0.15, 0.2) is 66.7 Å². The van der Waals surface area contributed by atoms with E-state index in [1.807, 2.05) is 61.0 Å². The van der Waals surface area contributed by atoms with Gasteiger partial charge in [-0.1, -0.05) is 60.7 Å². The maximum Gasteiger partial charge on any atom is 0.238 e. The van der Waals surface area contributed by atoms with Gasteiger partial charge in [0.2, 0.25) is 5.91 Å². The van der Waals surface area contributed by atoms with Crippen molar-refractivity contribution < 1.29 is 4.79 Å². The zero-order chi connectivity index (χ0) is 18.4. The van der Waals surface area contributed by atoms with Crippen LogP contribution in [0.5, 0.6) is 0 Å². The minimum absolute atomic E-state index is 0.000132. The normalized spacial score (nSPS) is 11.9. The van der Waals surface area contributed by atoms with Gasteiger partial charge in [-0.15, -0.1) is 11.8 Å². The highest BCUT2D eigenvalue weighted by Crippen LogP contribution is 2.20. The summed E-state index contributed by atoms with van der Waals surface area (Å²) in [6.45, 7) is 4.51. The second kappa shape index (κ2) is 8.72. The molecule has 1 N–H and O–H groups in total. The first-order chi connectivity index (χ1) is 12.6. The number of anilines is 1. The lowest BCUT2D eigenvalue weighted by Crippen LogP contribution is -2.24.